The number of nitrogens with zero attached hydrogens (tertiary/aromatic N) is 2. The number of ether oxygens (including phenoxy) is 1. The lowest BCUT2D eigenvalue weighted by atomic mass is 10.1. The summed E-state index contributed by atoms with van der Waals surface area (Å²) in [5.74, 6) is -0.315. The van der Waals surface area contributed by atoms with Crippen molar-refractivity contribution in [2.45, 2.75) is 33.2 Å². The molecule has 6 heteroatoms. The fourth-order valence-electron chi connectivity index (χ4n) is 2.82. The van der Waals surface area contributed by atoms with Crippen LogP contribution in [0.2, 0.25) is 0 Å². The van der Waals surface area contributed by atoms with Crippen LogP contribution in [0.3, 0.4) is 0 Å². The van der Waals surface area contributed by atoms with Crippen LogP contribution in [0.25, 0.3) is 10.8 Å². The standard InChI is InChI=1S/C21H20N2O4/c1-3-13-23-20(25)17-8-6-5-7-16(17)19(22-23)21(26)27-15-11-9-14(10-12-15)18(24)4-2/h5-12H,3-4,13H2,1-2H3. The van der Waals surface area contributed by atoms with Crippen molar-refractivity contribution in [3.63, 3.8) is 0 Å². The second kappa shape index (κ2) is 7.95. The quantitative estimate of drug-likeness (QED) is 0.379. The van der Waals surface area contributed by atoms with E-state index in [1.807, 2.05) is 6.92 Å². The summed E-state index contributed by atoms with van der Waals surface area (Å²) in [4.78, 5) is 36.9. The number of aryl methyl sites for hydroxylation is 1. The second-order valence-electron chi connectivity index (χ2n) is 6.11. The molecule has 1 heterocycles. The lowest BCUT2D eigenvalue weighted by Gasteiger charge is -2.10. The number of benzene rings is 2. The zero-order chi connectivity index (χ0) is 19.4. The Balaban J connectivity index is 1.97. The molecule has 2 aromatic carbocycles. The molecule has 27 heavy (non-hydrogen) atoms. The smallest absolute Gasteiger partial charge is 0.364 e. The maximum absolute atomic E-state index is 12.7. The lowest BCUT2D eigenvalue weighted by Crippen LogP contribution is -2.27. The van der Waals surface area contributed by atoms with Crippen LogP contribution in [0.4, 0.5) is 0 Å². The van der Waals surface area contributed by atoms with Gasteiger partial charge in [-0.3, -0.25) is 9.59 Å². The van der Waals surface area contributed by atoms with E-state index in [-0.39, 0.29) is 17.0 Å². The Kier molecular flexibility index (Phi) is 5.45. The summed E-state index contributed by atoms with van der Waals surface area (Å²) < 4.78 is 6.72. The van der Waals surface area contributed by atoms with E-state index >= 15 is 0 Å². The average Bonchev–Trinajstić information content (AvgIpc) is 2.70. The van der Waals surface area contributed by atoms with Crippen LogP contribution in [-0.4, -0.2) is 21.5 Å². The molecule has 0 N–H and O–H groups in total. The summed E-state index contributed by atoms with van der Waals surface area (Å²) in [6.07, 6.45) is 1.13. The number of hydrogen-bond acceptors (Lipinski definition) is 5. The Morgan fingerprint density at radius 2 is 1.67 bits per heavy atom. The van der Waals surface area contributed by atoms with Crippen molar-refractivity contribution >= 4 is 22.5 Å². The van der Waals surface area contributed by atoms with E-state index in [1.165, 1.54) is 4.68 Å². The Morgan fingerprint density at radius 3 is 2.30 bits per heavy atom. The molecule has 6 nitrogen and oxygen atoms in total. The number of carbonyl (C=O) groups is 2. The molecule has 3 aromatic rings. The number of esters is 1. The topological polar surface area (TPSA) is 78.3 Å². The zero-order valence-electron chi connectivity index (χ0n) is 15.3. The van der Waals surface area contributed by atoms with Gasteiger partial charge in [0.2, 0.25) is 0 Å². The number of ketones is 1. The molecule has 0 bridgehead atoms. The van der Waals surface area contributed by atoms with Gasteiger partial charge in [-0.2, -0.15) is 5.10 Å². The maximum Gasteiger partial charge on any atom is 0.364 e. The van der Waals surface area contributed by atoms with Gasteiger partial charge in [0.25, 0.3) is 5.56 Å². The molecule has 1 aromatic heterocycles. The number of fused-ring (bicyclic) bond motifs is 1. The van der Waals surface area contributed by atoms with Crippen molar-refractivity contribution in [1.29, 1.82) is 0 Å². The number of carbonyl (C=O) groups excluding carboxylic acids is 2. The third-order valence-corrected chi connectivity index (χ3v) is 4.20. The van der Waals surface area contributed by atoms with E-state index in [2.05, 4.69) is 5.10 Å². The number of aromatic nitrogens is 2. The highest BCUT2D eigenvalue weighted by Gasteiger charge is 2.18. The Bertz CT molecular complexity index is 1050. The first-order valence-electron chi connectivity index (χ1n) is 8.90. The summed E-state index contributed by atoms with van der Waals surface area (Å²) in [5, 5.41) is 5.10. The van der Waals surface area contributed by atoms with Crippen LogP contribution in [0.1, 0.15) is 47.5 Å². The Labute approximate surface area is 156 Å². The van der Waals surface area contributed by atoms with Gasteiger partial charge in [0, 0.05) is 23.9 Å². The molecular weight excluding hydrogens is 344 g/mol. The molecule has 0 spiro atoms. The van der Waals surface area contributed by atoms with Gasteiger partial charge in [0.05, 0.1) is 5.39 Å². The van der Waals surface area contributed by atoms with Crippen LogP contribution >= 0.6 is 0 Å². The summed E-state index contributed by atoms with van der Waals surface area (Å²) in [7, 11) is 0. The van der Waals surface area contributed by atoms with Crippen molar-refractivity contribution in [2.24, 2.45) is 0 Å². The van der Waals surface area contributed by atoms with Gasteiger partial charge < -0.3 is 4.74 Å². The third-order valence-electron chi connectivity index (χ3n) is 4.20. The van der Waals surface area contributed by atoms with Crippen molar-refractivity contribution in [3.8, 4) is 5.75 Å². The average molecular weight is 364 g/mol. The van der Waals surface area contributed by atoms with Crippen LogP contribution in [0.5, 0.6) is 5.75 Å². The highest BCUT2D eigenvalue weighted by molar-refractivity contribution is 6.03. The molecule has 3 rings (SSSR count). The highest BCUT2D eigenvalue weighted by Crippen LogP contribution is 2.18. The van der Waals surface area contributed by atoms with Crippen molar-refractivity contribution in [1.82, 2.24) is 9.78 Å². The van der Waals surface area contributed by atoms with Gasteiger partial charge in [0.15, 0.2) is 11.5 Å². The largest absolute Gasteiger partial charge is 0.422 e. The normalized spacial score (nSPS) is 10.7. The number of hydrogen-bond donors (Lipinski definition) is 0. The Hall–Kier alpha value is -3.28. The minimum Gasteiger partial charge on any atom is -0.422 e. The van der Waals surface area contributed by atoms with E-state index in [9.17, 15) is 14.4 Å². The minimum absolute atomic E-state index is 0.0205. The lowest BCUT2D eigenvalue weighted by molar-refractivity contribution is 0.0728. The first-order chi connectivity index (χ1) is 13.0. The zero-order valence-corrected chi connectivity index (χ0v) is 15.3. The maximum atomic E-state index is 12.7. The molecule has 0 saturated heterocycles. The molecule has 0 aliphatic heterocycles. The summed E-state index contributed by atoms with van der Waals surface area (Å²) in [6, 6.07) is 13.2. The Morgan fingerprint density at radius 1 is 1.00 bits per heavy atom. The van der Waals surface area contributed by atoms with Crippen LogP contribution in [-0.2, 0) is 6.54 Å². The van der Waals surface area contributed by atoms with Crippen molar-refractivity contribution in [2.75, 3.05) is 0 Å². The van der Waals surface area contributed by atoms with Gasteiger partial charge in [-0.05, 0) is 36.8 Å². The highest BCUT2D eigenvalue weighted by atomic mass is 16.5. The summed E-state index contributed by atoms with van der Waals surface area (Å²) in [6.45, 7) is 4.14. The molecule has 0 fully saturated rings. The van der Waals surface area contributed by atoms with Gasteiger partial charge in [-0.25, -0.2) is 9.48 Å². The summed E-state index contributed by atoms with van der Waals surface area (Å²) >= 11 is 0. The van der Waals surface area contributed by atoms with Gasteiger partial charge in [-0.15, -0.1) is 0 Å². The third kappa shape index (κ3) is 3.79. The molecule has 0 atom stereocenters. The second-order valence-corrected chi connectivity index (χ2v) is 6.11. The van der Waals surface area contributed by atoms with E-state index < -0.39 is 5.97 Å². The fourth-order valence-corrected chi connectivity index (χ4v) is 2.82. The van der Waals surface area contributed by atoms with Crippen molar-refractivity contribution < 1.29 is 14.3 Å². The van der Waals surface area contributed by atoms with Gasteiger partial charge >= 0.3 is 5.97 Å². The van der Waals surface area contributed by atoms with Gasteiger partial charge in [-0.1, -0.05) is 32.0 Å². The predicted octanol–water partition coefficient (Wildman–Crippen LogP) is 3.62. The molecule has 0 amide bonds. The van der Waals surface area contributed by atoms with Crippen molar-refractivity contribution in [3.05, 3.63) is 70.1 Å². The van der Waals surface area contributed by atoms with Crippen LogP contribution in [0.15, 0.2) is 53.3 Å². The molecule has 0 aliphatic carbocycles. The van der Waals surface area contributed by atoms with E-state index in [0.717, 1.165) is 0 Å². The van der Waals surface area contributed by atoms with E-state index in [4.69, 9.17) is 4.74 Å². The minimum atomic E-state index is -0.648. The first kappa shape index (κ1) is 18.5. The first-order valence-corrected chi connectivity index (χ1v) is 8.90. The molecular formula is C21H20N2O4. The van der Waals surface area contributed by atoms with Gasteiger partial charge in [0.1, 0.15) is 5.75 Å². The molecule has 138 valence electrons. The monoisotopic (exact) mass is 364 g/mol. The fraction of sp³-hybridized carbons (Fsp3) is 0.238. The molecule has 0 radical (unpaired) electrons. The van der Waals surface area contributed by atoms with Crippen LogP contribution in [0, 0.1) is 0 Å². The molecule has 0 saturated carbocycles. The summed E-state index contributed by atoms with van der Waals surface area (Å²) in [5.41, 5.74) is 0.427. The molecule has 0 aliphatic rings. The molecule has 0 unspecified atom stereocenters. The van der Waals surface area contributed by atoms with E-state index in [1.54, 1.807) is 55.5 Å². The van der Waals surface area contributed by atoms with E-state index in [0.29, 0.717) is 41.5 Å². The number of Topliss-reactive ketones (excluding diaryl/α,β-unsaturated/α-hetero) is 1. The predicted molar refractivity (Wildman–Crippen MR) is 102 cm³/mol. The number of rotatable bonds is 6. The SMILES string of the molecule is CCCn1nc(C(=O)Oc2ccc(C(=O)CC)cc2)c2ccccc2c1=O. The van der Waals surface area contributed by atoms with Crippen LogP contribution < -0.4 is 10.3 Å².